The van der Waals surface area contributed by atoms with Crippen LogP contribution in [0.1, 0.15) is 12.6 Å². The minimum atomic E-state index is 0.631. The van der Waals surface area contributed by atoms with Gasteiger partial charge in [0, 0.05) is 18.1 Å². The molecule has 4 nitrogen and oxygen atoms in total. The van der Waals surface area contributed by atoms with E-state index in [4.69, 9.17) is 4.42 Å². The first-order valence-corrected chi connectivity index (χ1v) is 6.38. The van der Waals surface area contributed by atoms with E-state index >= 15 is 0 Å². The van der Waals surface area contributed by atoms with Crippen LogP contribution in [-0.2, 0) is 6.54 Å². The molecule has 0 saturated carbocycles. The van der Waals surface area contributed by atoms with Crippen LogP contribution in [-0.4, -0.2) is 16.5 Å². The van der Waals surface area contributed by atoms with Crippen molar-refractivity contribution in [1.29, 1.82) is 0 Å². The highest BCUT2D eigenvalue weighted by atomic mass is 16.3. The lowest BCUT2D eigenvalue weighted by Crippen LogP contribution is -2.13. The van der Waals surface area contributed by atoms with Crippen LogP contribution in [0.2, 0.25) is 0 Å². The molecule has 0 aliphatic heterocycles. The standard InChI is InChI=1S/C15H15N3O/c1-2-16-10-12-7-8-17-15(18-12)14-9-11-5-3-4-6-13(11)19-14/h3-9,16H,2,10H2,1H3. The van der Waals surface area contributed by atoms with Gasteiger partial charge in [-0.05, 0) is 24.7 Å². The molecule has 0 aliphatic carbocycles. The van der Waals surface area contributed by atoms with E-state index in [1.54, 1.807) is 6.20 Å². The van der Waals surface area contributed by atoms with Gasteiger partial charge in [0.25, 0.3) is 0 Å². The summed E-state index contributed by atoms with van der Waals surface area (Å²) >= 11 is 0. The van der Waals surface area contributed by atoms with Gasteiger partial charge in [-0.1, -0.05) is 25.1 Å². The zero-order chi connectivity index (χ0) is 13.1. The topological polar surface area (TPSA) is 51.0 Å². The van der Waals surface area contributed by atoms with Gasteiger partial charge in [0.05, 0.1) is 5.69 Å². The van der Waals surface area contributed by atoms with Crippen LogP contribution < -0.4 is 5.32 Å². The molecule has 2 heterocycles. The van der Waals surface area contributed by atoms with Gasteiger partial charge in [-0.3, -0.25) is 0 Å². The second kappa shape index (κ2) is 5.20. The van der Waals surface area contributed by atoms with Crippen molar-refractivity contribution in [1.82, 2.24) is 15.3 Å². The lowest BCUT2D eigenvalue weighted by molar-refractivity contribution is 0.623. The first-order valence-electron chi connectivity index (χ1n) is 6.38. The van der Waals surface area contributed by atoms with Crippen LogP contribution >= 0.6 is 0 Å². The summed E-state index contributed by atoms with van der Waals surface area (Å²) in [6.45, 7) is 3.73. The van der Waals surface area contributed by atoms with Gasteiger partial charge in [-0.25, -0.2) is 9.97 Å². The molecule has 2 aromatic heterocycles. The summed E-state index contributed by atoms with van der Waals surface area (Å²) in [5.74, 6) is 1.34. The summed E-state index contributed by atoms with van der Waals surface area (Å²) in [6, 6.07) is 11.8. The highest BCUT2D eigenvalue weighted by molar-refractivity contribution is 5.81. The maximum Gasteiger partial charge on any atom is 0.195 e. The van der Waals surface area contributed by atoms with Crippen LogP contribution in [0.4, 0.5) is 0 Å². The van der Waals surface area contributed by atoms with Crippen molar-refractivity contribution < 1.29 is 4.42 Å². The average Bonchev–Trinajstić information content (AvgIpc) is 2.89. The largest absolute Gasteiger partial charge is 0.453 e. The molecule has 0 saturated heterocycles. The first-order chi connectivity index (χ1) is 9.36. The van der Waals surface area contributed by atoms with Crippen molar-refractivity contribution in [3.8, 4) is 11.6 Å². The number of hydrogen-bond donors (Lipinski definition) is 1. The summed E-state index contributed by atoms with van der Waals surface area (Å²) in [7, 11) is 0. The average molecular weight is 253 g/mol. The van der Waals surface area contributed by atoms with Crippen LogP contribution in [0.25, 0.3) is 22.6 Å². The Hall–Kier alpha value is -2.20. The summed E-state index contributed by atoms with van der Waals surface area (Å²) < 4.78 is 5.77. The van der Waals surface area contributed by atoms with E-state index in [2.05, 4.69) is 22.2 Å². The predicted octanol–water partition coefficient (Wildman–Crippen LogP) is 3.00. The molecule has 3 aromatic rings. The van der Waals surface area contributed by atoms with Crippen molar-refractivity contribution in [2.45, 2.75) is 13.5 Å². The van der Waals surface area contributed by atoms with E-state index < -0.39 is 0 Å². The van der Waals surface area contributed by atoms with Gasteiger partial charge in [-0.2, -0.15) is 0 Å². The fourth-order valence-corrected chi connectivity index (χ4v) is 1.96. The maximum absolute atomic E-state index is 5.77. The fraction of sp³-hybridized carbons (Fsp3) is 0.200. The number of benzene rings is 1. The number of nitrogens with zero attached hydrogens (tertiary/aromatic N) is 2. The van der Waals surface area contributed by atoms with E-state index in [0.29, 0.717) is 11.6 Å². The molecule has 1 aromatic carbocycles. The Kier molecular flexibility index (Phi) is 3.25. The molecule has 0 radical (unpaired) electrons. The van der Waals surface area contributed by atoms with Gasteiger partial charge < -0.3 is 9.73 Å². The van der Waals surface area contributed by atoms with Gasteiger partial charge in [0.2, 0.25) is 0 Å². The number of furan rings is 1. The van der Waals surface area contributed by atoms with Crippen LogP contribution in [0.5, 0.6) is 0 Å². The molecule has 0 bridgehead atoms. The van der Waals surface area contributed by atoms with E-state index in [1.165, 1.54) is 0 Å². The lowest BCUT2D eigenvalue weighted by Gasteiger charge is -2.02. The Morgan fingerprint density at radius 2 is 2.11 bits per heavy atom. The van der Waals surface area contributed by atoms with E-state index in [1.807, 2.05) is 36.4 Å². The van der Waals surface area contributed by atoms with Crippen LogP contribution in [0.3, 0.4) is 0 Å². The third-order valence-corrected chi connectivity index (χ3v) is 2.92. The van der Waals surface area contributed by atoms with Crippen molar-refractivity contribution in [3.63, 3.8) is 0 Å². The quantitative estimate of drug-likeness (QED) is 0.776. The number of para-hydroxylation sites is 1. The number of aromatic nitrogens is 2. The Balaban J connectivity index is 1.96. The normalized spacial score (nSPS) is 11.0. The van der Waals surface area contributed by atoms with Crippen molar-refractivity contribution in [3.05, 3.63) is 48.3 Å². The third kappa shape index (κ3) is 2.48. The molecule has 0 spiro atoms. The molecule has 4 heteroatoms. The lowest BCUT2D eigenvalue weighted by atomic mass is 10.2. The summed E-state index contributed by atoms with van der Waals surface area (Å²) in [4.78, 5) is 8.79. The molecular weight excluding hydrogens is 238 g/mol. The predicted molar refractivity (Wildman–Crippen MR) is 74.6 cm³/mol. The molecule has 0 amide bonds. The minimum Gasteiger partial charge on any atom is -0.453 e. The molecule has 1 N–H and O–H groups in total. The van der Waals surface area contributed by atoms with Gasteiger partial charge in [0.1, 0.15) is 5.58 Å². The molecule has 96 valence electrons. The monoisotopic (exact) mass is 253 g/mol. The highest BCUT2D eigenvalue weighted by Crippen LogP contribution is 2.25. The molecule has 0 atom stereocenters. The van der Waals surface area contributed by atoms with Gasteiger partial charge in [-0.15, -0.1) is 0 Å². The minimum absolute atomic E-state index is 0.631. The summed E-state index contributed by atoms with van der Waals surface area (Å²) in [5.41, 5.74) is 1.82. The zero-order valence-corrected chi connectivity index (χ0v) is 10.8. The van der Waals surface area contributed by atoms with Gasteiger partial charge >= 0.3 is 0 Å². The Bertz CT molecular complexity index is 657. The van der Waals surface area contributed by atoms with Gasteiger partial charge in [0.15, 0.2) is 11.6 Å². The SMILES string of the molecule is CCNCc1ccnc(-c2cc3ccccc3o2)n1. The fourth-order valence-electron chi connectivity index (χ4n) is 1.96. The molecule has 0 unspecified atom stereocenters. The van der Waals surface area contributed by atoms with Crippen LogP contribution in [0, 0.1) is 0 Å². The number of hydrogen-bond acceptors (Lipinski definition) is 4. The van der Waals surface area contributed by atoms with E-state index in [0.717, 1.165) is 29.8 Å². The Morgan fingerprint density at radius 1 is 1.21 bits per heavy atom. The van der Waals surface area contributed by atoms with Crippen molar-refractivity contribution >= 4 is 11.0 Å². The molecule has 0 fully saturated rings. The van der Waals surface area contributed by atoms with Crippen molar-refractivity contribution in [2.75, 3.05) is 6.54 Å². The third-order valence-electron chi connectivity index (χ3n) is 2.92. The number of fused-ring (bicyclic) bond motifs is 1. The highest BCUT2D eigenvalue weighted by Gasteiger charge is 2.08. The van der Waals surface area contributed by atoms with Crippen LogP contribution in [0.15, 0.2) is 47.0 Å². The van der Waals surface area contributed by atoms with Crippen molar-refractivity contribution in [2.24, 2.45) is 0 Å². The second-order valence-electron chi connectivity index (χ2n) is 4.30. The molecular formula is C15H15N3O. The zero-order valence-electron chi connectivity index (χ0n) is 10.8. The summed E-state index contributed by atoms with van der Waals surface area (Å²) in [6.07, 6.45) is 1.77. The molecule has 0 aliphatic rings. The van der Waals surface area contributed by atoms with E-state index in [9.17, 15) is 0 Å². The first kappa shape index (κ1) is 11.9. The number of nitrogens with one attached hydrogen (secondary N) is 1. The molecule has 19 heavy (non-hydrogen) atoms. The second-order valence-corrected chi connectivity index (χ2v) is 4.30. The molecule has 3 rings (SSSR count). The summed E-state index contributed by atoms with van der Waals surface area (Å²) in [5, 5.41) is 4.32. The number of rotatable bonds is 4. The van der Waals surface area contributed by atoms with E-state index in [-0.39, 0.29) is 0 Å². The maximum atomic E-state index is 5.77. The Labute approximate surface area is 111 Å². The Morgan fingerprint density at radius 3 is 2.95 bits per heavy atom. The smallest absolute Gasteiger partial charge is 0.195 e.